The van der Waals surface area contributed by atoms with E-state index in [0.717, 1.165) is 6.42 Å². The molecule has 1 aliphatic heterocycles. The number of sulfonamides is 1. The van der Waals surface area contributed by atoms with E-state index in [1.807, 2.05) is 0 Å². The lowest BCUT2D eigenvalue weighted by Crippen LogP contribution is -2.40. The summed E-state index contributed by atoms with van der Waals surface area (Å²) in [5.41, 5.74) is 5.80. The van der Waals surface area contributed by atoms with E-state index in [2.05, 4.69) is 0 Å². The average molecular weight is 412 g/mol. The lowest BCUT2D eigenvalue weighted by molar-refractivity contribution is 0.0823. The van der Waals surface area contributed by atoms with Gasteiger partial charge in [-0.05, 0) is 25.0 Å². The first-order valence-corrected chi connectivity index (χ1v) is 9.37. The van der Waals surface area contributed by atoms with Crippen LogP contribution < -0.4 is 10.5 Å². The first-order valence-electron chi connectivity index (χ1n) is 7.55. The number of benzene rings is 1. The molecule has 142 valence electrons. The number of amides is 1. The van der Waals surface area contributed by atoms with Gasteiger partial charge in [-0.25, -0.2) is 8.42 Å². The molecule has 0 spiro atoms. The fraction of sp³-hybridized carbons (Fsp3) is 0.533. The standard InChI is InChI=1S/C15H22ClN3O4S.ClH/c1-18(2)15(20)12-7-10(16)8-13(14(12)23-3)24(21,22)19-6-4-5-11(19)9-17;/h7-8,11H,4-6,9,17H2,1-3H3;1H. The van der Waals surface area contributed by atoms with Crippen molar-refractivity contribution in [2.24, 2.45) is 5.73 Å². The van der Waals surface area contributed by atoms with E-state index in [-0.39, 0.29) is 52.1 Å². The molecule has 1 amide bonds. The van der Waals surface area contributed by atoms with Crippen LogP contribution in [0.5, 0.6) is 5.75 Å². The molecular formula is C15H23Cl2N3O4S. The summed E-state index contributed by atoms with van der Waals surface area (Å²) >= 11 is 6.08. The van der Waals surface area contributed by atoms with Crippen LogP contribution in [0.15, 0.2) is 17.0 Å². The Labute approximate surface area is 159 Å². The number of carbonyl (C=O) groups excluding carboxylic acids is 1. The Morgan fingerprint density at radius 2 is 2.08 bits per heavy atom. The van der Waals surface area contributed by atoms with Gasteiger partial charge in [-0.1, -0.05) is 11.6 Å². The highest BCUT2D eigenvalue weighted by Gasteiger charge is 2.37. The van der Waals surface area contributed by atoms with Gasteiger partial charge >= 0.3 is 0 Å². The van der Waals surface area contributed by atoms with E-state index >= 15 is 0 Å². The molecule has 1 aromatic rings. The van der Waals surface area contributed by atoms with Crippen molar-refractivity contribution < 1.29 is 17.9 Å². The molecule has 0 bridgehead atoms. The van der Waals surface area contributed by atoms with Crippen LogP contribution >= 0.6 is 24.0 Å². The number of rotatable bonds is 5. The van der Waals surface area contributed by atoms with Crippen LogP contribution in [-0.2, 0) is 10.0 Å². The number of ether oxygens (including phenoxy) is 1. The van der Waals surface area contributed by atoms with Gasteiger partial charge in [-0.2, -0.15) is 4.31 Å². The summed E-state index contributed by atoms with van der Waals surface area (Å²) in [6.07, 6.45) is 1.45. The van der Waals surface area contributed by atoms with Crippen LogP contribution in [0.25, 0.3) is 0 Å². The van der Waals surface area contributed by atoms with Gasteiger partial charge < -0.3 is 15.4 Å². The summed E-state index contributed by atoms with van der Waals surface area (Å²) in [6, 6.07) is 2.46. The molecule has 0 saturated carbocycles. The number of nitrogens with two attached hydrogens (primary N) is 1. The minimum Gasteiger partial charge on any atom is -0.494 e. The van der Waals surface area contributed by atoms with Crippen molar-refractivity contribution in [3.05, 3.63) is 22.7 Å². The van der Waals surface area contributed by atoms with Crippen LogP contribution in [0.4, 0.5) is 0 Å². The zero-order valence-electron chi connectivity index (χ0n) is 14.4. The summed E-state index contributed by atoms with van der Waals surface area (Å²) in [5.74, 6) is -0.386. The smallest absolute Gasteiger partial charge is 0.257 e. The Hall–Kier alpha value is -1.06. The van der Waals surface area contributed by atoms with Gasteiger partial charge in [0.1, 0.15) is 4.90 Å². The van der Waals surface area contributed by atoms with Crippen molar-refractivity contribution in [1.82, 2.24) is 9.21 Å². The molecule has 1 fully saturated rings. The Morgan fingerprint density at radius 3 is 2.60 bits per heavy atom. The second-order valence-corrected chi connectivity index (χ2v) is 8.13. The Kier molecular flexibility index (Phi) is 7.52. The van der Waals surface area contributed by atoms with Crippen LogP contribution in [0.3, 0.4) is 0 Å². The zero-order chi connectivity index (χ0) is 18.1. The molecule has 2 rings (SSSR count). The predicted molar refractivity (Wildman–Crippen MR) is 99.2 cm³/mol. The molecule has 10 heteroatoms. The zero-order valence-corrected chi connectivity index (χ0v) is 16.7. The minimum atomic E-state index is -3.87. The topological polar surface area (TPSA) is 92.9 Å². The predicted octanol–water partition coefficient (Wildman–Crippen LogP) is 1.58. The number of halogens is 2. The molecule has 1 heterocycles. The van der Waals surface area contributed by atoms with Crippen LogP contribution in [0.2, 0.25) is 5.02 Å². The lowest BCUT2D eigenvalue weighted by atomic mass is 10.2. The molecule has 1 unspecified atom stereocenters. The molecule has 0 radical (unpaired) electrons. The highest BCUT2D eigenvalue weighted by Crippen LogP contribution is 2.36. The van der Waals surface area contributed by atoms with Gasteiger partial charge in [0.05, 0.1) is 12.7 Å². The monoisotopic (exact) mass is 411 g/mol. The van der Waals surface area contributed by atoms with E-state index in [9.17, 15) is 13.2 Å². The molecular weight excluding hydrogens is 389 g/mol. The number of hydrogen-bond donors (Lipinski definition) is 1. The molecule has 1 atom stereocenters. The Balaban J connectivity index is 0.00000312. The summed E-state index contributed by atoms with van der Waals surface area (Å²) in [7, 11) is 0.601. The summed E-state index contributed by atoms with van der Waals surface area (Å²) in [4.78, 5) is 13.6. The number of carbonyl (C=O) groups is 1. The largest absolute Gasteiger partial charge is 0.494 e. The second kappa shape index (κ2) is 8.55. The first kappa shape index (κ1) is 22.0. The summed E-state index contributed by atoms with van der Waals surface area (Å²) in [6.45, 7) is 0.627. The SMILES string of the molecule is COc1c(C(=O)N(C)C)cc(Cl)cc1S(=O)(=O)N1CCCC1CN.Cl. The molecule has 2 N–H and O–H groups in total. The molecule has 1 saturated heterocycles. The number of hydrogen-bond acceptors (Lipinski definition) is 5. The average Bonchev–Trinajstić information content (AvgIpc) is 3.02. The van der Waals surface area contributed by atoms with Crippen molar-refractivity contribution in [1.29, 1.82) is 0 Å². The molecule has 1 aliphatic rings. The van der Waals surface area contributed by atoms with Crippen LogP contribution in [0, 0.1) is 0 Å². The summed E-state index contributed by atoms with van der Waals surface area (Å²) < 4.78 is 32.8. The molecule has 25 heavy (non-hydrogen) atoms. The fourth-order valence-corrected chi connectivity index (χ4v) is 5.05. The fourth-order valence-electron chi connectivity index (χ4n) is 2.86. The maximum Gasteiger partial charge on any atom is 0.257 e. The molecule has 7 nitrogen and oxygen atoms in total. The maximum absolute atomic E-state index is 13.1. The number of methoxy groups -OCH3 is 1. The van der Waals surface area contributed by atoms with E-state index in [1.165, 1.54) is 28.4 Å². The molecule has 0 aliphatic carbocycles. The van der Waals surface area contributed by atoms with Crippen molar-refractivity contribution in [3.8, 4) is 5.75 Å². The maximum atomic E-state index is 13.1. The Morgan fingerprint density at radius 1 is 1.44 bits per heavy atom. The van der Waals surface area contributed by atoms with Crippen molar-refractivity contribution in [2.45, 2.75) is 23.8 Å². The van der Waals surface area contributed by atoms with E-state index in [1.54, 1.807) is 14.1 Å². The quantitative estimate of drug-likeness (QED) is 0.793. The van der Waals surface area contributed by atoms with Gasteiger partial charge in [-0.3, -0.25) is 4.79 Å². The van der Waals surface area contributed by atoms with Gasteiger partial charge in [0.15, 0.2) is 5.75 Å². The normalized spacial score (nSPS) is 17.9. The third-order valence-electron chi connectivity index (χ3n) is 4.04. The van der Waals surface area contributed by atoms with Gasteiger partial charge in [0.25, 0.3) is 5.91 Å². The van der Waals surface area contributed by atoms with E-state index < -0.39 is 10.0 Å². The third-order valence-corrected chi connectivity index (χ3v) is 6.22. The first-order chi connectivity index (χ1) is 11.2. The lowest BCUT2D eigenvalue weighted by Gasteiger charge is -2.25. The van der Waals surface area contributed by atoms with Crippen molar-refractivity contribution in [2.75, 3.05) is 34.3 Å². The van der Waals surface area contributed by atoms with Crippen LogP contribution in [0.1, 0.15) is 23.2 Å². The third kappa shape index (κ3) is 4.20. The van der Waals surface area contributed by atoms with Gasteiger partial charge in [0.2, 0.25) is 10.0 Å². The molecule has 0 aromatic heterocycles. The molecule has 1 aromatic carbocycles. The van der Waals surface area contributed by atoms with Crippen molar-refractivity contribution >= 4 is 39.9 Å². The Bertz CT molecular complexity index is 741. The van der Waals surface area contributed by atoms with Crippen molar-refractivity contribution in [3.63, 3.8) is 0 Å². The highest BCUT2D eigenvalue weighted by atomic mass is 35.5. The number of nitrogens with zero attached hydrogens (tertiary/aromatic N) is 2. The van der Waals surface area contributed by atoms with Crippen LogP contribution in [-0.4, -0.2) is 63.9 Å². The second-order valence-electron chi connectivity index (χ2n) is 5.83. The van der Waals surface area contributed by atoms with Gasteiger partial charge in [-0.15, -0.1) is 12.4 Å². The van der Waals surface area contributed by atoms with Gasteiger partial charge in [0, 0.05) is 38.2 Å². The van der Waals surface area contributed by atoms with E-state index in [0.29, 0.717) is 13.0 Å². The van der Waals surface area contributed by atoms with E-state index in [4.69, 9.17) is 22.1 Å². The highest BCUT2D eigenvalue weighted by molar-refractivity contribution is 7.89. The summed E-state index contributed by atoms with van der Waals surface area (Å²) in [5, 5.41) is 0.156. The minimum absolute atomic E-state index is 0.